The van der Waals surface area contributed by atoms with E-state index in [1.807, 2.05) is 68.0 Å². The fraction of sp³-hybridized carbons (Fsp3) is 0.380. The quantitative estimate of drug-likeness (QED) is 0.132. The lowest BCUT2D eigenvalue weighted by Gasteiger charge is -2.35. The van der Waals surface area contributed by atoms with Gasteiger partial charge in [0.15, 0.2) is 33.2 Å². The summed E-state index contributed by atoms with van der Waals surface area (Å²) in [5, 5.41) is 28.7. The minimum absolute atomic E-state index is 0.0903. The molecule has 3 saturated heterocycles. The first-order chi connectivity index (χ1) is 34.5. The maximum Gasteiger partial charge on any atom is 0.236 e. The molecule has 9 heterocycles. The van der Waals surface area contributed by atoms with Crippen molar-refractivity contribution in [2.45, 2.75) is 39.2 Å². The molecule has 0 bridgehead atoms. The summed E-state index contributed by atoms with van der Waals surface area (Å²) in [5.74, 6) is 3.19. The molecule has 0 radical (unpaired) electrons. The number of hydrogen-bond donors (Lipinski definition) is 2. The molecular weight excluding hydrogens is 945 g/mol. The van der Waals surface area contributed by atoms with Crippen molar-refractivity contribution in [2.75, 3.05) is 106 Å². The van der Waals surface area contributed by atoms with Crippen LogP contribution in [0.3, 0.4) is 0 Å². The van der Waals surface area contributed by atoms with Crippen LogP contribution in [0.15, 0.2) is 83.6 Å². The van der Waals surface area contributed by atoms with Crippen LogP contribution < -0.4 is 24.9 Å². The molecule has 3 aliphatic rings. The maximum absolute atomic E-state index is 13.4. The Kier molecular flexibility index (Phi) is 14.2. The molecule has 370 valence electrons. The second-order valence-electron chi connectivity index (χ2n) is 17.8. The van der Waals surface area contributed by atoms with Crippen molar-refractivity contribution < 1.29 is 18.7 Å². The highest BCUT2D eigenvalue weighted by atomic mass is 32.1. The largest absolute Gasteiger partial charge is 0.391 e. The van der Waals surface area contributed by atoms with Gasteiger partial charge >= 0.3 is 0 Å². The Balaban J connectivity index is 0.000000169. The van der Waals surface area contributed by atoms with E-state index in [2.05, 4.69) is 33.9 Å². The Morgan fingerprint density at radius 1 is 0.662 bits per heavy atom. The number of β-amino-alcohol motifs (C(OH)–C–C–N with tert-alkyl or cyclic N) is 1. The number of fused-ring (bicyclic) bond motifs is 2. The minimum atomic E-state index is -0.394. The number of carbonyl (C=O) groups excluding carboxylic acids is 1. The van der Waals surface area contributed by atoms with Gasteiger partial charge in [-0.15, -0.1) is 32.9 Å². The van der Waals surface area contributed by atoms with Crippen LogP contribution in [-0.2, 0) is 17.6 Å². The fourth-order valence-corrected chi connectivity index (χ4v) is 10.8. The predicted octanol–water partition coefficient (Wildman–Crippen LogP) is 6.77. The van der Waals surface area contributed by atoms with Crippen LogP contribution in [0.4, 0.5) is 42.3 Å². The van der Waals surface area contributed by atoms with Gasteiger partial charge in [0.25, 0.3) is 0 Å². The number of halogens is 2. The molecule has 3 aliphatic heterocycles. The number of thiazole rings is 2. The molecule has 2 N–H and O–H groups in total. The van der Waals surface area contributed by atoms with Gasteiger partial charge in [-0.1, -0.05) is 13.8 Å². The normalized spacial score (nSPS) is 16.5. The summed E-state index contributed by atoms with van der Waals surface area (Å²) in [5.41, 5.74) is 6.89. The number of hydrogen-bond acceptors (Lipinski definition) is 16. The molecule has 11 rings (SSSR count). The highest BCUT2D eigenvalue weighted by Crippen LogP contribution is 2.36. The molecule has 8 aromatic rings. The van der Waals surface area contributed by atoms with Crippen molar-refractivity contribution in [2.24, 2.45) is 0 Å². The van der Waals surface area contributed by atoms with E-state index in [0.717, 1.165) is 144 Å². The number of nitrogens with one attached hydrogen (secondary N) is 1. The van der Waals surface area contributed by atoms with E-state index in [0.29, 0.717) is 26.1 Å². The fourth-order valence-electron chi connectivity index (χ4n) is 9.21. The van der Waals surface area contributed by atoms with E-state index in [1.54, 1.807) is 40.5 Å². The van der Waals surface area contributed by atoms with Crippen LogP contribution in [0, 0.1) is 11.6 Å². The molecule has 1 atom stereocenters. The van der Waals surface area contributed by atoms with E-state index < -0.39 is 6.10 Å². The SMILES string of the molecule is CCc1nc2ccc(N3CCN(CC(=O)N4CC[C@H](O)C4)CC3)nn2c1N(C)c1nc(-c2ccc(F)cc2)cs1.CCc1nc2ccc(N3CCNCC3)nn2c1N(C)c1nc(-c2ccc(F)cc2)cs1. The number of likely N-dealkylation sites (tertiary alicyclic amines) is 1. The molecule has 1 amide bonds. The second-order valence-corrected chi connectivity index (χ2v) is 19.5. The van der Waals surface area contributed by atoms with E-state index >= 15 is 0 Å². The summed E-state index contributed by atoms with van der Waals surface area (Å²) >= 11 is 3.07. The van der Waals surface area contributed by atoms with Crippen molar-refractivity contribution >= 4 is 73.4 Å². The van der Waals surface area contributed by atoms with Gasteiger partial charge in [0, 0.05) is 101 Å². The van der Waals surface area contributed by atoms with Crippen LogP contribution in [0.5, 0.6) is 0 Å². The number of rotatable bonds is 12. The summed E-state index contributed by atoms with van der Waals surface area (Å²) in [7, 11) is 3.97. The number of imidazole rings is 2. The molecular formula is C50H57F2N15O2S2. The summed E-state index contributed by atoms with van der Waals surface area (Å²) < 4.78 is 30.5. The number of nitrogens with zero attached hydrogens (tertiary/aromatic N) is 14. The Hall–Kier alpha value is -6.65. The third-order valence-electron chi connectivity index (χ3n) is 13.2. The molecule has 0 spiro atoms. The number of carbonyl (C=O) groups is 1. The lowest BCUT2D eigenvalue weighted by Crippen LogP contribution is -2.50. The molecule has 0 saturated carbocycles. The number of aryl methyl sites for hydroxylation is 2. The van der Waals surface area contributed by atoms with Crippen molar-refractivity contribution in [3.8, 4) is 22.5 Å². The average molecular weight is 1000 g/mol. The number of aromatic nitrogens is 8. The predicted molar refractivity (Wildman–Crippen MR) is 277 cm³/mol. The van der Waals surface area contributed by atoms with Gasteiger partial charge in [0.1, 0.15) is 23.3 Å². The van der Waals surface area contributed by atoms with Gasteiger partial charge in [0.05, 0.1) is 35.4 Å². The zero-order chi connectivity index (χ0) is 49.2. The maximum atomic E-state index is 13.4. The molecule has 6 aromatic heterocycles. The third kappa shape index (κ3) is 10.3. The average Bonchev–Trinajstić information content (AvgIpc) is 4.27. The first-order valence-electron chi connectivity index (χ1n) is 24.1. The molecule has 3 fully saturated rings. The second kappa shape index (κ2) is 21.0. The Morgan fingerprint density at radius 2 is 1.14 bits per heavy atom. The van der Waals surface area contributed by atoms with Crippen molar-refractivity contribution in [3.05, 3.63) is 107 Å². The topological polar surface area (TPSA) is 155 Å². The van der Waals surface area contributed by atoms with Gasteiger partial charge < -0.3 is 34.9 Å². The van der Waals surface area contributed by atoms with E-state index in [-0.39, 0.29) is 17.5 Å². The zero-order valence-electron chi connectivity index (χ0n) is 40.2. The Morgan fingerprint density at radius 3 is 1.59 bits per heavy atom. The summed E-state index contributed by atoms with van der Waals surface area (Å²) in [6.07, 6.45) is 1.81. The van der Waals surface area contributed by atoms with Crippen molar-refractivity contribution in [3.63, 3.8) is 0 Å². The van der Waals surface area contributed by atoms with Gasteiger partial charge in [-0.2, -0.15) is 9.03 Å². The van der Waals surface area contributed by atoms with Crippen LogP contribution in [0.2, 0.25) is 0 Å². The van der Waals surface area contributed by atoms with E-state index in [9.17, 15) is 18.7 Å². The number of aliphatic hydroxyl groups is 1. The van der Waals surface area contributed by atoms with Crippen LogP contribution in [-0.4, -0.2) is 152 Å². The molecule has 21 heteroatoms. The first-order valence-corrected chi connectivity index (χ1v) is 25.9. The summed E-state index contributed by atoms with van der Waals surface area (Å²) in [6.45, 7) is 12.5. The first kappa shape index (κ1) is 48.0. The number of anilines is 6. The van der Waals surface area contributed by atoms with Gasteiger partial charge in [-0.3, -0.25) is 9.69 Å². The monoisotopic (exact) mass is 1000 g/mol. The molecule has 71 heavy (non-hydrogen) atoms. The van der Waals surface area contributed by atoms with Gasteiger partial charge in [-0.25, -0.2) is 28.7 Å². The number of benzene rings is 2. The summed E-state index contributed by atoms with van der Waals surface area (Å²) in [4.78, 5) is 44.4. The van der Waals surface area contributed by atoms with Gasteiger partial charge in [0.2, 0.25) is 5.91 Å². The van der Waals surface area contributed by atoms with Crippen molar-refractivity contribution in [1.29, 1.82) is 0 Å². The molecule has 0 aliphatic carbocycles. The highest BCUT2D eigenvalue weighted by molar-refractivity contribution is 7.14. The van der Waals surface area contributed by atoms with E-state index in [4.69, 9.17) is 30.1 Å². The van der Waals surface area contributed by atoms with Crippen LogP contribution >= 0.6 is 22.7 Å². The lowest BCUT2D eigenvalue weighted by atomic mass is 10.2. The Labute approximate surface area is 418 Å². The highest BCUT2D eigenvalue weighted by Gasteiger charge is 2.29. The van der Waals surface area contributed by atoms with Crippen LogP contribution in [0.1, 0.15) is 31.7 Å². The minimum Gasteiger partial charge on any atom is -0.391 e. The molecule has 17 nitrogen and oxygen atoms in total. The van der Waals surface area contributed by atoms with Crippen LogP contribution in [0.25, 0.3) is 33.8 Å². The van der Waals surface area contributed by atoms with Crippen molar-refractivity contribution in [1.82, 2.24) is 54.3 Å². The Bertz CT molecular complexity index is 3110. The standard InChI is InChI=1S/C28H33FN8O2S.C22H24FN7S/c1-3-22-27(33(2)28-31-23(18-40-28)19-4-6-20(29)7-5-19)37-24(30-22)8-9-25(32-37)35-14-12-34(13-15-35)17-26(39)36-11-10-21(38)16-36;1-3-17-21(28(2)22-26-18(14-31-22)15-4-6-16(23)7-5-15)30-19(25-17)8-9-20(27-30)29-12-10-24-11-13-29/h4-9,18,21,38H,3,10-17H2,1-2H3;4-9,14,24H,3,10-13H2,1-2H3/t21-;/m0./s1. The number of aliphatic hydroxyl groups excluding tert-OH is 1. The smallest absolute Gasteiger partial charge is 0.236 e. The van der Waals surface area contributed by atoms with Gasteiger partial charge in [-0.05, 0) is 92.1 Å². The zero-order valence-corrected chi connectivity index (χ0v) is 41.9. The summed E-state index contributed by atoms with van der Waals surface area (Å²) in [6, 6.07) is 20.9. The molecule has 0 unspecified atom stereocenters. The lowest BCUT2D eigenvalue weighted by molar-refractivity contribution is -0.131. The van der Waals surface area contributed by atoms with E-state index in [1.165, 1.54) is 35.6 Å². The number of amides is 1. The molecule has 2 aromatic carbocycles. The third-order valence-corrected chi connectivity index (χ3v) is 15.0. The number of piperazine rings is 2.